The minimum Gasteiger partial charge on any atom is -0.506 e. The molecule has 6 heteroatoms. The highest BCUT2D eigenvalue weighted by atomic mass is 16.5. The van der Waals surface area contributed by atoms with Gasteiger partial charge in [0, 0.05) is 50.2 Å². The first kappa shape index (κ1) is 23.6. The molecule has 6 nitrogen and oxygen atoms in total. The lowest BCUT2D eigenvalue weighted by atomic mass is 9.95. The fourth-order valence-corrected chi connectivity index (χ4v) is 4.76. The SMILES string of the molecule is C=CCOC(=O)c1ccc(N2CCN(Cc3ccc(-c4cncc(O)c4)c4ccccc34)CC2)cc1. The van der Waals surface area contributed by atoms with Gasteiger partial charge in [-0.3, -0.25) is 9.88 Å². The van der Waals surface area contributed by atoms with Crippen molar-refractivity contribution in [3.8, 4) is 16.9 Å². The molecule has 1 saturated heterocycles. The number of benzene rings is 3. The van der Waals surface area contributed by atoms with E-state index < -0.39 is 0 Å². The molecule has 5 rings (SSSR count). The van der Waals surface area contributed by atoms with Gasteiger partial charge in [-0.15, -0.1) is 0 Å². The van der Waals surface area contributed by atoms with E-state index in [1.165, 1.54) is 17.1 Å². The predicted octanol–water partition coefficient (Wildman–Crippen LogP) is 5.27. The molecule has 4 aromatic rings. The number of anilines is 1. The minimum atomic E-state index is -0.329. The summed E-state index contributed by atoms with van der Waals surface area (Å²) in [5.74, 6) is -0.161. The van der Waals surface area contributed by atoms with E-state index in [0.717, 1.165) is 54.9 Å². The van der Waals surface area contributed by atoms with E-state index in [0.29, 0.717) is 5.56 Å². The van der Waals surface area contributed by atoms with Crippen molar-refractivity contribution in [2.45, 2.75) is 6.54 Å². The Kier molecular flexibility index (Phi) is 6.96. The number of pyridine rings is 1. The molecule has 1 fully saturated rings. The molecule has 0 amide bonds. The van der Waals surface area contributed by atoms with Gasteiger partial charge in [0.25, 0.3) is 0 Å². The van der Waals surface area contributed by atoms with Crippen LogP contribution in [-0.2, 0) is 11.3 Å². The zero-order valence-corrected chi connectivity index (χ0v) is 20.1. The van der Waals surface area contributed by atoms with Crippen LogP contribution in [0.15, 0.2) is 91.8 Å². The smallest absolute Gasteiger partial charge is 0.338 e. The van der Waals surface area contributed by atoms with Crippen LogP contribution in [0.5, 0.6) is 5.75 Å². The zero-order chi connectivity index (χ0) is 24.9. The van der Waals surface area contributed by atoms with Gasteiger partial charge < -0.3 is 14.7 Å². The van der Waals surface area contributed by atoms with Crippen molar-refractivity contribution in [2.75, 3.05) is 37.7 Å². The van der Waals surface area contributed by atoms with Gasteiger partial charge in [0.15, 0.2) is 0 Å². The van der Waals surface area contributed by atoms with Crippen LogP contribution < -0.4 is 4.90 Å². The molecule has 0 atom stereocenters. The summed E-state index contributed by atoms with van der Waals surface area (Å²) >= 11 is 0. The number of fused-ring (bicyclic) bond motifs is 1. The molecular formula is C30H29N3O3. The number of carbonyl (C=O) groups is 1. The third kappa shape index (κ3) is 5.09. The van der Waals surface area contributed by atoms with Crippen molar-refractivity contribution in [1.29, 1.82) is 0 Å². The molecule has 3 aromatic carbocycles. The van der Waals surface area contributed by atoms with Crippen LogP contribution >= 0.6 is 0 Å². The second-order valence-corrected chi connectivity index (χ2v) is 8.95. The number of carbonyl (C=O) groups excluding carboxylic acids is 1. The number of aromatic nitrogens is 1. The molecule has 182 valence electrons. The Morgan fingerprint density at radius 1 is 0.972 bits per heavy atom. The van der Waals surface area contributed by atoms with Gasteiger partial charge in [0.05, 0.1) is 11.8 Å². The van der Waals surface area contributed by atoms with E-state index in [-0.39, 0.29) is 18.3 Å². The van der Waals surface area contributed by atoms with E-state index in [9.17, 15) is 9.90 Å². The fourth-order valence-electron chi connectivity index (χ4n) is 4.76. The Bertz CT molecular complexity index is 1380. The van der Waals surface area contributed by atoms with E-state index >= 15 is 0 Å². The van der Waals surface area contributed by atoms with E-state index in [4.69, 9.17) is 4.74 Å². The monoisotopic (exact) mass is 479 g/mol. The minimum absolute atomic E-state index is 0.167. The summed E-state index contributed by atoms with van der Waals surface area (Å²) in [5, 5.41) is 12.3. The third-order valence-corrected chi connectivity index (χ3v) is 6.62. The molecule has 0 saturated carbocycles. The van der Waals surface area contributed by atoms with Gasteiger partial charge >= 0.3 is 5.97 Å². The van der Waals surface area contributed by atoms with Crippen LogP contribution in [0.2, 0.25) is 0 Å². The first-order chi connectivity index (χ1) is 17.6. The molecule has 0 bridgehead atoms. The molecule has 2 heterocycles. The maximum atomic E-state index is 12.0. The van der Waals surface area contributed by atoms with Crippen LogP contribution in [0.1, 0.15) is 15.9 Å². The fraction of sp³-hybridized carbons (Fsp3) is 0.200. The van der Waals surface area contributed by atoms with Gasteiger partial charge in [0.1, 0.15) is 12.4 Å². The van der Waals surface area contributed by atoms with Gasteiger partial charge in [0.2, 0.25) is 0 Å². The first-order valence-electron chi connectivity index (χ1n) is 12.1. The van der Waals surface area contributed by atoms with Crippen molar-refractivity contribution in [1.82, 2.24) is 9.88 Å². The number of esters is 1. The Morgan fingerprint density at radius 3 is 2.44 bits per heavy atom. The molecule has 1 aromatic heterocycles. The summed E-state index contributed by atoms with van der Waals surface area (Å²) in [6.45, 7) is 8.41. The summed E-state index contributed by atoms with van der Waals surface area (Å²) in [5.41, 5.74) is 4.93. The number of piperazine rings is 1. The molecule has 0 spiro atoms. The van der Waals surface area contributed by atoms with E-state index in [2.05, 4.69) is 57.8 Å². The van der Waals surface area contributed by atoms with Gasteiger partial charge in [-0.2, -0.15) is 0 Å². The molecule has 1 aliphatic heterocycles. The number of ether oxygens (including phenoxy) is 1. The summed E-state index contributed by atoms with van der Waals surface area (Å²) < 4.78 is 5.11. The van der Waals surface area contributed by atoms with E-state index in [1.807, 2.05) is 24.3 Å². The van der Waals surface area contributed by atoms with Crippen LogP contribution in [0.25, 0.3) is 21.9 Å². The lowest BCUT2D eigenvalue weighted by Gasteiger charge is -2.36. The lowest BCUT2D eigenvalue weighted by Crippen LogP contribution is -2.46. The number of rotatable bonds is 7. The summed E-state index contributed by atoms with van der Waals surface area (Å²) in [4.78, 5) is 21.0. The Hall–Kier alpha value is -4.16. The molecular weight excluding hydrogens is 450 g/mol. The average Bonchev–Trinajstić information content (AvgIpc) is 2.92. The maximum Gasteiger partial charge on any atom is 0.338 e. The van der Waals surface area contributed by atoms with Gasteiger partial charge in [-0.1, -0.05) is 49.1 Å². The van der Waals surface area contributed by atoms with Crippen molar-refractivity contribution in [2.24, 2.45) is 0 Å². The van der Waals surface area contributed by atoms with Crippen LogP contribution in [0.4, 0.5) is 5.69 Å². The topological polar surface area (TPSA) is 65.9 Å². The summed E-state index contributed by atoms with van der Waals surface area (Å²) in [6.07, 6.45) is 4.80. The highest BCUT2D eigenvalue weighted by Crippen LogP contribution is 2.32. The van der Waals surface area contributed by atoms with Crippen LogP contribution in [-0.4, -0.2) is 53.7 Å². The molecule has 36 heavy (non-hydrogen) atoms. The van der Waals surface area contributed by atoms with Crippen molar-refractivity contribution < 1.29 is 14.6 Å². The first-order valence-corrected chi connectivity index (χ1v) is 12.1. The average molecular weight is 480 g/mol. The number of aromatic hydroxyl groups is 1. The highest BCUT2D eigenvalue weighted by Gasteiger charge is 2.19. The summed E-state index contributed by atoms with van der Waals surface area (Å²) in [6, 6.07) is 22.1. The van der Waals surface area contributed by atoms with Gasteiger partial charge in [-0.25, -0.2) is 4.79 Å². The van der Waals surface area contributed by atoms with Crippen LogP contribution in [0.3, 0.4) is 0 Å². The lowest BCUT2D eigenvalue weighted by molar-refractivity contribution is 0.0549. The second kappa shape index (κ2) is 10.6. The molecule has 0 unspecified atom stereocenters. The number of hydrogen-bond donors (Lipinski definition) is 1. The van der Waals surface area contributed by atoms with Crippen molar-refractivity contribution in [3.05, 3.63) is 103 Å². The predicted molar refractivity (Wildman–Crippen MR) is 143 cm³/mol. The Labute approximate surface area is 211 Å². The molecule has 0 radical (unpaired) electrons. The van der Waals surface area contributed by atoms with Gasteiger partial charge in [-0.05, 0) is 52.2 Å². The standard InChI is InChI=1S/C30H29N3O3/c1-2-17-36-30(35)22-7-10-25(11-8-22)33-15-13-32(14-16-33)21-23-9-12-28(24-18-26(34)20-31-19-24)29-6-4-3-5-27(23)29/h2-12,18-20,34H,1,13-17,21H2. The zero-order valence-electron chi connectivity index (χ0n) is 20.1. The number of nitrogens with zero attached hydrogens (tertiary/aromatic N) is 3. The Morgan fingerprint density at radius 2 is 1.72 bits per heavy atom. The van der Waals surface area contributed by atoms with Crippen molar-refractivity contribution in [3.63, 3.8) is 0 Å². The summed E-state index contributed by atoms with van der Waals surface area (Å²) in [7, 11) is 0. The largest absolute Gasteiger partial charge is 0.506 e. The molecule has 0 aliphatic carbocycles. The van der Waals surface area contributed by atoms with Crippen LogP contribution in [0, 0.1) is 0 Å². The van der Waals surface area contributed by atoms with Crippen molar-refractivity contribution >= 4 is 22.4 Å². The molecule has 1 N–H and O–H groups in total. The highest BCUT2D eigenvalue weighted by molar-refractivity contribution is 5.98. The second-order valence-electron chi connectivity index (χ2n) is 8.95. The molecule has 1 aliphatic rings. The quantitative estimate of drug-likeness (QED) is 0.288. The number of hydrogen-bond acceptors (Lipinski definition) is 6. The normalized spacial score (nSPS) is 14.1. The Balaban J connectivity index is 1.26. The van der Waals surface area contributed by atoms with E-state index in [1.54, 1.807) is 18.3 Å². The maximum absolute atomic E-state index is 12.0. The third-order valence-electron chi connectivity index (χ3n) is 6.62.